The van der Waals surface area contributed by atoms with Crippen molar-refractivity contribution in [1.29, 1.82) is 0 Å². The molecular weight excluding hydrogens is 306 g/mol. The highest BCUT2D eigenvalue weighted by Gasteiger charge is 2.29. The maximum absolute atomic E-state index is 9.29. The number of hydrogen-bond donors (Lipinski definition) is 3. The van der Waals surface area contributed by atoms with Gasteiger partial charge in [0.25, 0.3) is 0 Å². The lowest BCUT2D eigenvalue weighted by Crippen LogP contribution is -2.39. The van der Waals surface area contributed by atoms with Crippen molar-refractivity contribution in [3.05, 3.63) is 29.8 Å². The van der Waals surface area contributed by atoms with Crippen molar-refractivity contribution in [1.82, 2.24) is 10.6 Å². The summed E-state index contributed by atoms with van der Waals surface area (Å²) in [6.07, 6.45) is 4.62. The maximum atomic E-state index is 9.29. The summed E-state index contributed by atoms with van der Waals surface area (Å²) >= 11 is 2.05. The lowest BCUT2D eigenvalue weighted by molar-refractivity contribution is 0.475. The molecule has 23 heavy (non-hydrogen) atoms. The highest BCUT2D eigenvalue weighted by molar-refractivity contribution is 8.00. The summed E-state index contributed by atoms with van der Waals surface area (Å²) in [6.45, 7) is 7.08. The molecule has 5 heteroatoms. The van der Waals surface area contributed by atoms with Crippen LogP contribution in [-0.2, 0) is 6.42 Å². The van der Waals surface area contributed by atoms with Crippen LogP contribution in [0.4, 0.5) is 0 Å². The summed E-state index contributed by atoms with van der Waals surface area (Å²) in [5.41, 5.74) is 1.25. The largest absolute Gasteiger partial charge is 0.508 e. The van der Waals surface area contributed by atoms with Gasteiger partial charge in [-0.25, -0.2) is 0 Å². The number of nitrogens with one attached hydrogen (secondary N) is 2. The Hall–Kier alpha value is -1.36. The number of nitrogens with zero attached hydrogens (tertiary/aromatic N) is 1. The van der Waals surface area contributed by atoms with Gasteiger partial charge >= 0.3 is 0 Å². The number of thioether (sulfide) groups is 1. The fourth-order valence-electron chi connectivity index (χ4n) is 2.71. The molecule has 2 rings (SSSR count). The van der Waals surface area contributed by atoms with E-state index in [0.29, 0.717) is 10.5 Å². The van der Waals surface area contributed by atoms with E-state index in [0.717, 1.165) is 38.4 Å². The van der Waals surface area contributed by atoms with E-state index in [-0.39, 0.29) is 0 Å². The molecule has 3 N–H and O–H groups in total. The van der Waals surface area contributed by atoms with E-state index in [2.05, 4.69) is 24.5 Å². The molecular formula is C18H29N3OS. The van der Waals surface area contributed by atoms with Gasteiger partial charge in [0.2, 0.25) is 0 Å². The molecule has 0 radical (unpaired) electrons. The number of aryl methyl sites for hydroxylation is 1. The average molecular weight is 336 g/mol. The third kappa shape index (κ3) is 6.34. The van der Waals surface area contributed by atoms with Crippen LogP contribution in [0.3, 0.4) is 0 Å². The van der Waals surface area contributed by atoms with Crippen molar-refractivity contribution in [3.63, 3.8) is 0 Å². The molecule has 0 bridgehead atoms. The number of aliphatic imine (C=N–C) groups is 1. The zero-order valence-electron chi connectivity index (χ0n) is 14.3. The molecule has 1 aromatic rings. The Morgan fingerprint density at radius 2 is 2.09 bits per heavy atom. The summed E-state index contributed by atoms with van der Waals surface area (Å²) < 4.78 is 0.314. The number of benzene rings is 1. The molecule has 1 aromatic carbocycles. The Labute approximate surface area is 144 Å². The van der Waals surface area contributed by atoms with Crippen molar-refractivity contribution in [2.24, 2.45) is 4.99 Å². The highest BCUT2D eigenvalue weighted by atomic mass is 32.2. The third-order valence-electron chi connectivity index (χ3n) is 4.09. The minimum atomic E-state index is 0.314. The summed E-state index contributed by atoms with van der Waals surface area (Å²) in [5, 5.41) is 16.0. The van der Waals surface area contributed by atoms with Gasteiger partial charge < -0.3 is 15.7 Å². The minimum absolute atomic E-state index is 0.314. The molecule has 0 amide bonds. The predicted molar refractivity (Wildman–Crippen MR) is 101 cm³/mol. The van der Waals surface area contributed by atoms with Crippen LogP contribution >= 0.6 is 11.8 Å². The molecule has 0 spiro atoms. The van der Waals surface area contributed by atoms with Crippen LogP contribution in [0.15, 0.2) is 29.3 Å². The fourth-order valence-corrected chi connectivity index (χ4v) is 3.94. The van der Waals surface area contributed by atoms with Gasteiger partial charge in [-0.1, -0.05) is 12.1 Å². The molecule has 1 aliphatic heterocycles. The molecule has 1 saturated heterocycles. The van der Waals surface area contributed by atoms with E-state index in [4.69, 9.17) is 4.99 Å². The van der Waals surface area contributed by atoms with E-state index in [9.17, 15) is 5.11 Å². The first-order valence-corrected chi connectivity index (χ1v) is 9.54. The standard InChI is InChI=1S/C18H29N3OS/c1-3-19-17(21-14-18(2)11-5-13-23-18)20-12-4-6-15-7-9-16(22)10-8-15/h7-10,22H,3-6,11-14H2,1-2H3,(H2,19,20,21). The third-order valence-corrected chi connectivity index (χ3v) is 5.61. The molecule has 4 nitrogen and oxygen atoms in total. The quantitative estimate of drug-likeness (QED) is 0.407. The van der Waals surface area contributed by atoms with Gasteiger partial charge in [-0.05, 0) is 63.0 Å². The predicted octanol–water partition coefficient (Wildman–Crippen LogP) is 3.17. The second-order valence-corrected chi connectivity index (χ2v) is 7.98. The van der Waals surface area contributed by atoms with Gasteiger partial charge in [0.1, 0.15) is 5.75 Å². The van der Waals surface area contributed by atoms with Crippen LogP contribution in [0.25, 0.3) is 0 Å². The van der Waals surface area contributed by atoms with E-state index < -0.39 is 0 Å². The first-order valence-electron chi connectivity index (χ1n) is 8.55. The maximum Gasteiger partial charge on any atom is 0.191 e. The van der Waals surface area contributed by atoms with Crippen LogP contribution in [0.5, 0.6) is 5.75 Å². The first kappa shape index (κ1) is 18.0. The number of phenols is 1. The molecule has 0 saturated carbocycles. The fraction of sp³-hybridized carbons (Fsp3) is 0.611. The van der Waals surface area contributed by atoms with Crippen LogP contribution in [0.1, 0.15) is 38.7 Å². The Kier molecular flexibility index (Phi) is 7.09. The van der Waals surface area contributed by atoms with Crippen molar-refractivity contribution >= 4 is 17.7 Å². The zero-order valence-corrected chi connectivity index (χ0v) is 15.1. The summed E-state index contributed by atoms with van der Waals surface area (Å²) in [5.74, 6) is 2.52. The summed E-state index contributed by atoms with van der Waals surface area (Å²) in [4.78, 5) is 4.76. The summed E-state index contributed by atoms with van der Waals surface area (Å²) in [7, 11) is 0. The minimum Gasteiger partial charge on any atom is -0.508 e. The van der Waals surface area contributed by atoms with Crippen LogP contribution < -0.4 is 10.6 Å². The first-order chi connectivity index (χ1) is 11.1. The Bertz CT molecular complexity index is 495. The molecule has 1 unspecified atom stereocenters. The lowest BCUT2D eigenvalue weighted by atomic mass is 10.1. The SMILES string of the molecule is CCNC(=NCC1(C)CCCS1)NCCCc1ccc(O)cc1. The van der Waals surface area contributed by atoms with Gasteiger partial charge in [-0.2, -0.15) is 11.8 Å². The van der Waals surface area contributed by atoms with Crippen LogP contribution in [0, 0.1) is 0 Å². The molecule has 0 aromatic heterocycles. The normalized spacial score (nSPS) is 21.4. The number of guanidine groups is 1. The van der Waals surface area contributed by atoms with E-state index >= 15 is 0 Å². The Balaban J connectivity index is 1.74. The van der Waals surface area contributed by atoms with Crippen molar-refractivity contribution in [3.8, 4) is 5.75 Å². The highest BCUT2D eigenvalue weighted by Crippen LogP contribution is 2.37. The molecule has 0 aliphatic carbocycles. The number of phenolic OH excluding ortho intramolecular Hbond substituents is 1. The van der Waals surface area contributed by atoms with Crippen molar-refractivity contribution in [2.75, 3.05) is 25.4 Å². The number of rotatable bonds is 7. The lowest BCUT2D eigenvalue weighted by Gasteiger charge is -2.21. The molecule has 1 fully saturated rings. The number of hydrogen-bond acceptors (Lipinski definition) is 3. The van der Waals surface area contributed by atoms with Crippen molar-refractivity contribution < 1.29 is 5.11 Å². The second-order valence-electron chi connectivity index (χ2n) is 6.29. The van der Waals surface area contributed by atoms with E-state index in [1.54, 1.807) is 12.1 Å². The molecule has 128 valence electrons. The van der Waals surface area contributed by atoms with Gasteiger partial charge in [-0.3, -0.25) is 4.99 Å². The van der Waals surface area contributed by atoms with Crippen LogP contribution in [-0.4, -0.2) is 41.2 Å². The van der Waals surface area contributed by atoms with E-state index in [1.165, 1.54) is 24.2 Å². The van der Waals surface area contributed by atoms with Crippen molar-refractivity contribution in [2.45, 2.75) is 44.3 Å². The average Bonchev–Trinajstić information content (AvgIpc) is 2.98. The second kappa shape index (κ2) is 9.06. The van der Waals surface area contributed by atoms with Gasteiger partial charge in [0, 0.05) is 17.8 Å². The Morgan fingerprint density at radius 1 is 1.30 bits per heavy atom. The van der Waals surface area contributed by atoms with Crippen LogP contribution in [0.2, 0.25) is 0 Å². The topological polar surface area (TPSA) is 56.7 Å². The molecule has 1 heterocycles. The van der Waals surface area contributed by atoms with Gasteiger partial charge in [-0.15, -0.1) is 0 Å². The molecule has 1 atom stereocenters. The number of aromatic hydroxyl groups is 1. The smallest absolute Gasteiger partial charge is 0.191 e. The summed E-state index contributed by atoms with van der Waals surface area (Å²) in [6, 6.07) is 7.45. The monoisotopic (exact) mass is 335 g/mol. The van der Waals surface area contributed by atoms with Gasteiger partial charge in [0.15, 0.2) is 5.96 Å². The molecule has 1 aliphatic rings. The zero-order chi connectivity index (χ0) is 16.5. The van der Waals surface area contributed by atoms with E-state index in [1.807, 2.05) is 23.9 Å². The van der Waals surface area contributed by atoms with Gasteiger partial charge in [0.05, 0.1) is 6.54 Å². The Morgan fingerprint density at radius 3 is 2.74 bits per heavy atom.